The summed E-state index contributed by atoms with van der Waals surface area (Å²) in [4.78, 5) is 12.8. The van der Waals surface area contributed by atoms with E-state index in [9.17, 15) is 9.18 Å². The molecule has 2 atom stereocenters. The number of halogens is 1. The van der Waals surface area contributed by atoms with E-state index in [2.05, 4.69) is 12.1 Å². The number of benzene rings is 2. The van der Waals surface area contributed by atoms with Crippen LogP contribution in [0.2, 0.25) is 0 Å². The maximum absolute atomic E-state index is 13.6. The molecule has 0 spiro atoms. The van der Waals surface area contributed by atoms with Gasteiger partial charge in [0.25, 0.3) is 0 Å². The van der Waals surface area contributed by atoms with Crippen LogP contribution in [0.4, 0.5) is 4.39 Å². The van der Waals surface area contributed by atoms with Crippen LogP contribution in [0.15, 0.2) is 48.5 Å². The van der Waals surface area contributed by atoms with Crippen LogP contribution >= 0.6 is 0 Å². The average molecular weight is 327 g/mol. The molecule has 0 radical (unpaired) electrons. The summed E-state index contributed by atoms with van der Waals surface area (Å²) in [5, 5.41) is 9.00. The molecule has 2 aromatic carbocycles. The van der Waals surface area contributed by atoms with E-state index in [0.717, 1.165) is 18.4 Å². The molecule has 0 saturated carbocycles. The lowest BCUT2D eigenvalue weighted by molar-refractivity contribution is -0.138. The third-order valence-corrected chi connectivity index (χ3v) is 4.81. The highest BCUT2D eigenvalue weighted by molar-refractivity contribution is 5.69. The average Bonchev–Trinajstić information content (AvgIpc) is 2.54. The highest BCUT2D eigenvalue weighted by atomic mass is 19.1. The Labute approximate surface area is 141 Å². The standard InChI is InChI=1S/C20H22FNO2/c1-22(13-19(23)24)12-16-8-7-15-11-17(21)9-10-18(15)20(16)14-5-3-2-4-6-14/h2-6,9-11,16,20H,7-8,12-13H2,1H3,(H,23,24). The molecule has 2 unspecified atom stereocenters. The summed E-state index contributed by atoms with van der Waals surface area (Å²) in [5.74, 6) is -0.518. The van der Waals surface area contributed by atoms with E-state index in [1.54, 1.807) is 6.07 Å². The number of nitrogens with zero attached hydrogens (tertiary/aromatic N) is 1. The van der Waals surface area contributed by atoms with Crippen LogP contribution in [0.3, 0.4) is 0 Å². The number of rotatable bonds is 5. The van der Waals surface area contributed by atoms with Gasteiger partial charge in [0.2, 0.25) is 0 Å². The second kappa shape index (κ2) is 7.14. The zero-order chi connectivity index (χ0) is 17.1. The smallest absolute Gasteiger partial charge is 0.317 e. The molecule has 0 saturated heterocycles. The normalized spacial score (nSPS) is 20.0. The molecule has 0 aliphatic heterocycles. The topological polar surface area (TPSA) is 40.5 Å². The Kier molecular flexibility index (Phi) is 4.95. The zero-order valence-electron chi connectivity index (χ0n) is 13.8. The zero-order valence-corrected chi connectivity index (χ0v) is 13.8. The third kappa shape index (κ3) is 3.65. The van der Waals surface area contributed by atoms with Gasteiger partial charge < -0.3 is 5.11 Å². The third-order valence-electron chi connectivity index (χ3n) is 4.81. The molecule has 0 heterocycles. The Hall–Kier alpha value is -2.20. The second-order valence-electron chi connectivity index (χ2n) is 6.62. The minimum Gasteiger partial charge on any atom is -0.480 e. The van der Waals surface area contributed by atoms with Gasteiger partial charge in [-0.25, -0.2) is 4.39 Å². The van der Waals surface area contributed by atoms with Crippen LogP contribution in [-0.4, -0.2) is 36.1 Å². The Balaban J connectivity index is 1.94. The van der Waals surface area contributed by atoms with E-state index in [0.29, 0.717) is 12.5 Å². The number of aryl methyl sites for hydroxylation is 1. The fourth-order valence-corrected chi connectivity index (χ4v) is 3.86. The Bertz CT molecular complexity index is 717. The van der Waals surface area contributed by atoms with Gasteiger partial charge in [0.15, 0.2) is 0 Å². The van der Waals surface area contributed by atoms with Gasteiger partial charge in [0.1, 0.15) is 5.82 Å². The minimum atomic E-state index is -0.813. The molecule has 0 fully saturated rings. The minimum absolute atomic E-state index is 0.0360. The molecule has 126 valence electrons. The predicted molar refractivity (Wildman–Crippen MR) is 91.6 cm³/mol. The molecule has 1 aliphatic rings. The molecule has 4 heteroatoms. The first kappa shape index (κ1) is 16.7. The molecular weight excluding hydrogens is 305 g/mol. The second-order valence-corrected chi connectivity index (χ2v) is 6.62. The number of likely N-dealkylation sites (N-methyl/N-ethyl adjacent to an activating group) is 1. The Morgan fingerprint density at radius 1 is 1.25 bits per heavy atom. The number of carbonyl (C=O) groups is 1. The van der Waals surface area contributed by atoms with Crippen molar-refractivity contribution >= 4 is 5.97 Å². The van der Waals surface area contributed by atoms with E-state index in [-0.39, 0.29) is 18.3 Å². The highest BCUT2D eigenvalue weighted by Gasteiger charge is 2.31. The summed E-state index contributed by atoms with van der Waals surface area (Å²) < 4.78 is 13.6. The highest BCUT2D eigenvalue weighted by Crippen LogP contribution is 2.41. The predicted octanol–water partition coefficient (Wildman–Crippen LogP) is 3.54. The van der Waals surface area contributed by atoms with Crippen molar-refractivity contribution in [2.24, 2.45) is 5.92 Å². The number of carboxylic acid groups (broad SMARTS) is 1. The Morgan fingerprint density at radius 2 is 2.00 bits per heavy atom. The molecule has 0 amide bonds. The van der Waals surface area contributed by atoms with Crippen LogP contribution < -0.4 is 0 Å². The molecular formula is C20H22FNO2. The number of hydrogen-bond acceptors (Lipinski definition) is 2. The maximum Gasteiger partial charge on any atom is 0.317 e. The first-order valence-electron chi connectivity index (χ1n) is 8.28. The SMILES string of the molecule is CN(CC(=O)O)CC1CCc2cc(F)ccc2C1c1ccccc1. The van der Waals surface area contributed by atoms with E-state index < -0.39 is 5.97 Å². The van der Waals surface area contributed by atoms with Gasteiger partial charge in [-0.3, -0.25) is 9.69 Å². The first-order chi connectivity index (χ1) is 11.5. The lowest BCUT2D eigenvalue weighted by atomic mass is 9.71. The van der Waals surface area contributed by atoms with Crippen molar-refractivity contribution in [2.75, 3.05) is 20.1 Å². The molecule has 1 N–H and O–H groups in total. The van der Waals surface area contributed by atoms with E-state index in [4.69, 9.17) is 5.11 Å². The fraction of sp³-hybridized carbons (Fsp3) is 0.350. The maximum atomic E-state index is 13.6. The van der Waals surface area contributed by atoms with Gasteiger partial charge in [0.05, 0.1) is 6.54 Å². The molecule has 3 rings (SSSR count). The lowest BCUT2D eigenvalue weighted by Gasteiger charge is -2.36. The summed E-state index contributed by atoms with van der Waals surface area (Å²) in [6.45, 7) is 0.747. The van der Waals surface area contributed by atoms with Crippen LogP contribution in [0.1, 0.15) is 29.0 Å². The monoisotopic (exact) mass is 327 g/mol. The van der Waals surface area contributed by atoms with Crippen LogP contribution in [0.5, 0.6) is 0 Å². The quantitative estimate of drug-likeness (QED) is 0.913. The molecule has 1 aliphatic carbocycles. The molecule has 0 bridgehead atoms. The van der Waals surface area contributed by atoms with E-state index in [1.165, 1.54) is 17.2 Å². The van der Waals surface area contributed by atoms with Gasteiger partial charge in [0, 0.05) is 12.5 Å². The van der Waals surface area contributed by atoms with Crippen molar-refractivity contribution in [2.45, 2.75) is 18.8 Å². The molecule has 0 aromatic heterocycles. The Morgan fingerprint density at radius 3 is 2.71 bits per heavy atom. The summed E-state index contributed by atoms with van der Waals surface area (Å²) in [6.07, 6.45) is 1.77. The number of fused-ring (bicyclic) bond motifs is 1. The van der Waals surface area contributed by atoms with Crippen molar-refractivity contribution in [1.29, 1.82) is 0 Å². The lowest BCUT2D eigenvalue weighted by Crippen LogP contribution is -2.35. The van der Waals surface area contributed by atoms with Gasteiger partial charge >= 0.3 is 5.97 Å². The molecule has 3 nitrogen and oxygen atoms in total. The summed E-state index contributed by atoms with van der Waals surface area (Å²) in [6, 6.07) is 15.3. The number of carboxylic acids is 1. The van der Waals surface area contributed by atoms with Crippen LogP contribution in [0, 0.1) is 11.7 Å². The van der Waals surface area contributed by atoms with Crippen molar-refractivity contribution < 1.29 is 14.3 Å². The van der Waals surface area contributed by atoms with Gasteiger partial charge in [-0.05, 0) is 54.6 Å². The largest absolute Gasteiger partial charge is 0.480 e. The van der Waals surface area contributed by atoms with Crippen molar-refractivity contribution in [1.82, 2.24) is 4.90 Å². The van der Waals surface area contributed by atoms with Gasteiger partial charge in [-0.1, -0.05) is 36.4 Å². The van der Waals surface area contributed by atoms with Crippen LogP contribution in [0.25, 0.3) is 0 Å². The molecule has 2 aromatic rings. The number of aliphatic carboxylic acids is 1. The molecule has 24 heavy (non-hydrogen) atoms. The van der Waals surface area contributed by atoms with Gasteiger partial charge in [-0.2, -0.15) is 0 Å². The van der Waals surface area contributed by atoms with Crippen molar-refractivity contribution in [3.8, 4) is 0 Å². The van der Waals surface area contributed by atoms with E-state index in [1.807, 2.05) is 36.2 Å². The number of hydrogen-bond donors (Lipinski definition) is 1. The van der Waals surface area contributed by atoms with Crippen molar-refractivity contribution in [3.05, 3.63) is 71.0 Å². The van der Waals surface area contributed by atoms with Crippen molar-refractivity contribution in [3.63, 3.8) is 0 Å². The van der Waals surface area contributed by atoms with Crippen LogP contribution in [-0.2, 0) is 11.2 Å². The van der Waals surface area contributed by atoms with E-state index >= 15 is 0 Å². The first-order valence-corrected chi connectivity index (χ1v) is 8.28. The summed E-state index contributed by atoms with van der Waals surface area (Å²) in [7, 11) is 1.84. The summed E-state index contributed by atoms with van der Waals surface area (Å²) in [5.41, 5.74) is 3.45. The summed E-state index contributed by atoms with van der Waals surface area (Å²) >= 11 is 0. The van der Waals surface area contributed by atoms with Gasteiger partial charge in [-0.15, -0.1) is 0 Å². The fourth-order valence-electron chi connectivity index (χ4n) is 3.86.